The monoisotopic (exact) mass is 331 g/mol. The van der Waals surface area contributed by atoms with Crippen molar-refractivity contribution in [3.63, 3.8) is 0 Å². The molecule has 0 spiro atoms. The fraction of sp³-hybridized carbons (Fsp3) is 0.412. The first kappa shape index (κ1) is 16.0. The largest absolute Gasteiger partial charge is 0.378 e. The van der Waals surface area contributed by atoms with Crippen LogP contribution in [-0.2, 0) is 4.74 Å². The maximum Gasteiger partial charge on any atom is 0.269 e. The van der Waals surface area contributed by atoms with Crippen molar-refractivity contribution in [2.75, 3.05) is 37.7 Å². The SMILES string of the molecule is CC(CNC(=O)c1cc(N2CCOCC2)ccn1)c1ccsc1. The molecule has 0 aromatic carbocycles. The number of thiophene rings is 1. The molecule has 2 aromatic rings. The lowest BCUT2D eigenvalue weighted by molar-refractivity contribution is 0.0946. The quantitative estimate of drug-likeness (QED) is 0.915. The van der Waals surface area contributed by atoms with Crippen molar-refractivity contribution in [3.05, 3.63) is 46.4 Å². The number of rotatable bonds is 5. The molecule has 0 bridgehead atoms. The second kappa shape index (κ2) is 7.57. The fourth-order valence-electron chi connectivity index (χ4n) is 2.57. The molecule has 0 saturated carbocycles. The van der Waals surface area contributed by atoms with Crippen molar-refractivity contribution < 1.29 is 9.53 Å². The third kappa shape index (κ3) is 4.09. The first-order chi connectivity index (χ1) is 11.2. The van der Waals surface area contributed by atoms with Gasteiger partial charge in [0.25, 0.3) is 5.91 Å². The van der Waals surface area contributed by atoms with Gasteiger partial charge in [-0.25, -0.2) is 0 Å². The third-order valence-corrected chi connectivity index (χ3v) is 4.73. The summed E-state index contributed by atoms with van der Waals surface area (Å²) in [5.74, 6) is 0.176. The van der Waals surface area contributed by atoms with E-state index < -0.39 is 0 Å². The molecule has 23 heavy (non-hydrogen) atoms. The van der Waals surface area contributed by atoms with Gasteiger partial charge in [-0.05, 0) is 40.4 Å². The Hall–Kier alpha value is -1.92. The number of carbonyl (C=O) groups excluding carboxylic acids is 1. The number of aromatic nitrogens is 1. The van der Waals surface area contributed by atoms with E-state index in [0.717, 1.165) is 32.0 Å². The van der Waals surface area contributed by atoms with Crippen LogP contribution in [0.5, 0.6) is 0 Å². The average Bonchev–Trinajstić information content (AvgIpc) is 3.15. The molecule has 2 aromatic heterocycles. The molecule has 1 atom stereocenters. The molecule has 5 nitrogen and oxygen atoms in total. The second-order valence-corrected chi connectivity index (χ2v) is 6.45. The van der Waals surface area contributed by atoms with Gasteiger partial charge in [0, 0.05) is 31.5 Å². The van der Waals surface area contributed by atoms with E-state index in [1.807, 2.05) is 12.1 Å². The van der Waals surface area contributed by atoms with Crippen LogP contribution < -0.4 is 10.2 Å². The molecular formula is C17H21N3O2S. The number of hydrogen-bond donors (Lipinski definition) is 1. The van der Waals surface area contributed by atoms with Gasteiger partial charge < -0.3 is 15.0 Å². The maximum absolute atomic E-state index is 12.3. The van der Waals surface area contributed by atoms with Crippen molar-refractivity contribution in [1.82, 2.24) is 10.3 Å². The molecular weight excluding hydrogens is 310 g/mol. The Morgan fingerprint density at radius 3 is 3.00 bits per heavy atom. The summed E-state index contributed by atoms with van der Waals surface area (Å²) in [6, 6.07) is 5.89. The average molecular weight is 331 g/mol. The van der Waals surface area contributed by atoms with E-state index >= 15 is 0 Å². The number of hydrogen-bond acceptors (Lipinski definition) is 5. The first-order valence-corrected chi connectivity index (χ1v) is 8.77. The standard InChI is InChI=1S/C17H21N3O2S/c1-13(14-3-9-23-12-14)11-19-17(21)16-10-15(2-4-18-16)20-5-7-22-8-6-20/h2-4,9-10,12-13H,5-8,11H2,1H3,(H,19,21). The van der Waals surface area contributed by atoms with Crippen molar-refractivity contribution >= 4 is 22.9 Å². The van der Waals surface area contributed by atoms with Gasteiger partial charge in [0.15, 0.2) is 0 Å². The zero-order chi connectivity index (χ0) is 16.1. The molecule has 1 saturated heterocycles. The van der Waals surface area contributed by atoms with Crippen LogP contribution >= 0.6 is 11.3 Å². The van der Waals surface area contributed by atoms with Crippen LogP contribution in [0.3, 0.4) is 0 Å². The van der Waals surface area contributed by atoms with Crippen molar-refractivity contribution in [2.24, 2.45) is 0 Å². The highest BCUT2D eigenvalue weighted by molar-refractivity contribution is 7.07. The van der Waals surface area contributed by atoms with E-state index in [9.17, 15) is 4.79 Å². The van der Waals surface area contributed by atoms with Crippen LogP contribution in [0.25, 0.3) is 0 Å². The Morgan fingerprint density at radius 1 is 1.43 bits per heavy atom. The predicted molar refractivity (Wildman–Crippen MR) is 92.3 cm³/mol. The van der Waals surface area contributed by atoms with E-state index in [1.54, 1.807) is 17.5 Å². The molecule has 0 radical (unpaired) electrons. The molecule has 1 amide bonds. The minimum Gasteiger partial charge on any atom is -0.378 e. The number of nitrogens with one attached hydrogen (secondary N) is 1. The Balaban J connectivity index is 1.60. The summed E-state index contributed by atoms with van der Waals surface area (Å²) in [7, 11) is 0. The summed E-state index contributed by atoms with van der Waals surface area (Å²) < 4.78 is 5.36. The Kier molecular flexibility index (Phi) is 5.25. The second-order valence-electron chi connectivity index (χ2n) is 5.67. The van der Waals surface area contributed by atoms with Crippen LogP contribution in [0.1, 0.15) is 28.9 Å². The summed E-state index contributed by atoms with van der Waals surface area (Å²) in [6.45, 7) is 5.86. The number of ether oxygens (including phenoxy) is 1. The fourth-order valence-corrected chi connectivity index (χ4v) is 3.35. The molecule has 1 fully saturated rings. The highest BCUT2D eigenvalue weighted by Gasteiger charge is 2.15. The number of nitrogens with zero attached hydrogens (tertiary/aromatic N) is 2. The van der Waals surface area contributed by atoms with Gasteiger partial charge in [-0.3, -0.25) is 9.78 Å². The number of amides is 1. The van der Waals surface area contributed by atoms with Crippen molar-refractivity contribution in [3.8, 4) is 0 Å². The number of pyridine rings is 1. The normalized spacial score (nSPS) is 16.1. The van der Waals surface area contributed by atoms with Gasteiger partial charge in [0.05, 0.1) is 13.2 Å². The topological polar surface area (TPSA) is 54.5 Å². The lowest BCUT2D eigenvalue weighted by Crippen LogP contribution is -2.36. The molecule has 0 aliphatic carbocycles. The molecule has 1 aliphatic heterocycles. The molecule has 1 aliphatic rings. The van der Waals surface area contributed by atoms with E-state index in [2.05, 4.69) is 39.0 Å². The molecule has 1 unspecified atom stereocenters. The summed E-state index contributed by atoms with van der Waals surface area (Å²) in [5, 5.41) is 7.15. The number of anilines is 1. The highest BCUT2D eigenvalue weighted by Crippen LogP contribution is 2.18. The van der Waals surface area contributed by atoms with Gasteiger partial charge in [0.2, 0.25) is 0 Å². The summed E-state index contributed by atoms with van der Waals surface area (Å²) in [6.07, 6.45) is 1.70. The van der Waals surface area contributed by atoms with E-state index in [1.165, 1.54) is 5.56 Å². The predicted octanol–water partition coefficient (Wildman–Crippen LogP) is 2.51. The summed E-state index contributed by atoms with van der Waals surface area (Å²) in [4.78, 5) is 18.8. The van der Waals surface area contributed by atoms with Gasteiger partial charge in [-0.1, -0.05) is 6.92 Å². The van der Waals surface area contributed by atoms with Crippen LogP contribution in [0, 0.1) is 0 Å². The summed E-state index contributed by atoms with van der Waals surface area (Å²) >= 11 is 1.68. The Labute approximate surface area is 140 Å². The number of morpholine rings is 1. The lowest BCUT2D eigenvalue weighted by Gasteiger charge is -2.28. The van der Waals surface area contributed by atoms with Crippen LogP contribution in [-0.4, -0.2) is 43.7 Å². The maximum atomic E-state index is 12.3. The minimum absolute atomic E-state index is 0.123. The zero-order valence-electron chi connectivity index (χ0n) is 13.2. The Bertz CT molecular complexity index is 639. The van der Waals surface area contributed by atoms with Crippen LogP contribution in [0.2, 0.25) is 0 Å². The minimum atomic E-state index is -0.123. The smallest absolute Gasteiger partial charge is 0.269 e. The molecule has 1 N–H and O–H groups in total. The molecule has 3 rings (SSSR count). The zero-order valence-corrected chi connectivity index (χ0v) is 14.0. The number of carbonyl (C=O) groups is 1. The van der Waals surface area contributed by atoms with E-state index in [-0.39, 0.29) is 5.91 Å². The first-order valence-electron chi connectivity index (χ1n) is 7.83. The van der Waals surface area contributed by atoms with Crippen LogP contribution in [0.15, 0.2) is 35.2 Å². The van der Waals surface area contributed by atoms with Crippen LogP contribution in [0.4, 0.5) is 5.69 Å². The van der Waals surface area contributed by atoms with Crippen molar-refractivity contribution in [1.29, 1.82) is 0 Å². The van der Waals surface area contributed by atoms with E-state index in [4.69, 9.17) is 4.74 Å². The van der Waals surface area contributed by atoms with E-state index in [0.29, 0.717) is 18.2 Å². The third-order valence-electron chi connectivity index (χ3n) is 4.03. The lowest BCUT2D eigenvalue weighted by atomic mass is 10.1. The molecule has 122 valence electrons. The van der Waals surface area contributed by atoms with Gasteiger partial charge in [-0.15, -0.1) is 0 Å². The Morgan fingerprint density at radius 2 is 2.26 bits per heavy atom. The van der Waals surface area contributed by atoms with Gasteiger partial charge in [0.1, 0.15) is 5.69 Å². The van der Waals surface area contributed by atoms with Gasteiger partial charge >= 0.3 is 0 Å². The highest BCUT2D eigenvalue weighted by atomic mass is 32.1. The van der Waals surface area contributed by atoms with Crippen molar-refractivity contribution in [2.45, 2.75) is 12.8 Å². The molecule has 3 heterocycles. The van der Waals surface area contributed by atoms with Gasteiger partial charge in [-0.2, -0.15) is 11.3 Å². The molecule has 6 heteroatoms. The summed E-state index contributed by atoms with van der Waals surface area (Å²) in [5.41, 5.74) is 2.75.